The van der Waals surface area contributed by atoms with Crippen molar-refractivity contribution in [2.75, 3.05) is 0 Å². The summed E-state index contributed by atoms with van der Waals surface area (Å²) >= 11 is 6.18. The number of aryl methyl sites for hydroxylation is 3. The van der Waals surface area contributed by atoms with Crippen molar-refractivity contribution in [1.82, 2.24) is 9.99 Å². The van der Waals surface area contributed by atoms with Crippen LogP contribution in [0.3, 0.4) is 0 Å². The van der Waals surface area contributed by atoms with Crippen molar-refractivity contribution < 1.29 is 4.79 Å². The topological polar surface area (TPSA) is 46.4 Å². The van der Waals surface area contributed by atoms with Crippen LogP contribution in [0, 0.1) is 20.8 Å². The molecule has 0 saturated heterocycles. The van der Waals surface area contributed by atoms with Crippen LogP contribution in [0.15, 0.2) is 59.7 Å². The number of hydrazone groups is 1. The van der Waals surface area contributed by atoms with Gasteiger partial charge in [0.25, 0.3) is 0 Å². The summed E-state index contributed by atoms with van der Waals surface area (Å²) in [5, 5.41) is 4.84. The number of hydrogen-bond donors (Lipinski definition) is 1. The molecule has 0 fully saturated rings. The summed E-state index contributed by atoms with van der Waals surface area (Å²) < 4.78 is 2.15. The van der Waals surface area contributed by atoms with Crippen LogP contribution in [0.1, 0.15) is 34.5 Å². The normalized spacial score (nSPS) is 11.1. The first-order valence-electron chi connectivity index (χ1n) is 9.27. The Morgan fingerprint density at radius 1 is 1.11 bits per heavy atom. The SMILES string of the molecule is Cc1ccc(Cl)cc1-n1c(C)cc(/C=N\NC(=O)CCc2ccccc2)c1C. The van der Waals surface area contributed by atoms with Gasteiger partial charge in [0.1, 0.15) is 0 Å². The first kappa shape index (κ1) is 19.9. The summed E-state index contributed by atoms with van der Waals surface area (Å²) in [5.74, 6) is -0.0976. The van der Waals surface area contributed by atoms with Crippen molar-refractivity contribution in [3.8, 4) is 5.69 Å². The van der Waals surface area contributed by atoms with Crippen LogP contribution >= 0.6 is 11.6 Å². The third kappa shape index (κ3) is 4.70. The Labute approximate surface area is 170 Å². The van der Waals surface area contributed by atoms with Crippen LogP contribution in [0.4, 0.5) is 0 Å². The molecular formula is C23H24ClN3O. The van der Waals surface area contributed by atoms with Crippen LogP contribution < -0.4 is 5.43 Å². The predicted molar refractivity (Wildman–Crippen MR) is 115 cm³/mol. The first-order chi connectivity index (χ1) is 13.5. The maximum Gasteiger partial charge on any atom is 0.240 e. The lowest BCUT2D eigenvalue weighted by Crippen LogP contribution is -2.17. The van der Waals surface area contributed by atoms with E-state index in [-0.39, 0.29) is 5.91 Å². The second-order valence-electron chi connectivity index (χ2n) is 6.87. The van der Waals surface area contributed by atoms with E-state index in [0.717, 1.165) is 33.8 Å². The molecule has 0 spiro atoms. The number of nitrogens with one attached hydrogen (secondary N) is 1. The molecule has 0 aliphatic carbocycles. The molecule has 3 aromatic rings. The first-order valence-corrected chi connectivity index (χ1v) is 9.65. The molecule has 1 amide bonds. The highest BCUT2D eigenvalue weighted by molar-refractivity contribution is 6.30. The lowest BCUT2D eigenvalue weighted by molar-refractivity contribution is -0.121. The van der Waals surface area contributed by atoms with Gasteiger partial charge in [0.2, 0.25) is 5.91 Å². The zero-order valence-corrected chi connectivity index (χ0v) is 17.1. The summed E-state index contributed by atoms with van der Waals surface area (Å²) in [6, 6.07) is 17.9. The summed E-state index contributed by atoms with van der Waals surface area (Å²) in [7, 11) is 0. The fourth-order valence-corrected chi connectivity index (χ4v) is 3.41. The molecule has 0 saturated carbocycles. The van der Waals surface area contributed by atoms with E-state index in [1.54, 1.807) is 6.21 Å². The maximum absolute atomic E-state index is 12.0. The largest absolute Gasteiger partial charge is 0.318 e. The highest BCUT2D eigenvalue weighted by Crippen LogP contribution is 2.25. The number of nitrogens with zero attached hydrogens (tertiary/aromatic N) is 2. The minimum absolute atomic E-state index is 0.0976. The second-order valence-corrected chi connectivity index (χ2v) is 7.31. The predicted octanol–water partition coefficient (Wildman–Crippen LogP) is 5.14. The Hall–Kier alpha value is -2.85. The van der Waals surface area contributed by atoms with Crippen molar-refractivity contribution >= 4 is 23.7 Å². The summed E-state index contributed by atoms with van der Waals surface area (Å²) in [5.41, 5.74) is 9.04. The molecule has 4 nitrogen and oxygen atoms in total. The van der Waals surface area contributed by atoms with Gasteiger partial charge in [-0.25, -0.2) is 5.43 Å². The molecule has 1 N–H and O–H groups in total. The summed E-state index contributed by atoms with van der Waals surface area (Å²) in [6.07, 6.45) is 2.80. The van der Waals surface area contributed by atoms with Gasteiger partial charge >= 0.3 is 0 Å². The molecular weight excluding hydrogens is 370 g/mol. The van der Waals surface area contributed by atoms with Crippen molar-refractivity contribution in [2.45, 2.75) is 33.6 Å². The molecule has 0 aliphatic heterocycles. The van der Waals surface area contributed by atoms with Gasteiger partial charge in [-0.2, -0.15) is 5.10 Å². The Balaban J connectivity index is 1.68. The Morgan fingerprint density at radius 2 is 1.86 bits per heavy atom. The number of benzene rings is 2. The highest BCUT2D eigenvalue weighted by Gasteiger charge is 2.12. The zero-order valence-electron chi connectivity index (χ0n) is 16.4. The quantitative estimate of drug-likeness (QED) is 0.457. The average Bonchev–Trinajstić information content (AvgIpc) is 2.96. The van der Waals surface area contributed by atoms with Gasteiger partial charge in [-0.15, -0.1) is 0 Å². The summed E-state index contributed by atoms with van der Waals surface area (Å²) in [6.45, 7) is 6.14. The second kappa shape index (κ2) is 8.89. The number of carbonyl (C=O) groups excluding carboxylic acids is 1. The smallest absolute Gasteiger partial charge is 0.240 e. The molecule has 28 heavy (non-hydrogen) atoms. The van der Waals surface area contributed by atoms with E-state index in [4.69, 9.17) is 11.6 Å². The van der Waals surface area contributed by atoms with E-state index in [1.165, 1.54) is 0 Å². The van der Waals surface area contributed by atoms with Gasteiger partial charge in [0.05, 0.1) is 6.21 Å². The third-order valence-electron chi connectivity index (χ3n) is 4.76. The van der Waals surface area contributed by atoms with Crippen molar-refractivity contribution in [1.29, 1.82) is 0 Å². The standard InChI is InChI=1S/C23H24ClN3O/c1-16-9-11-21(24)14-22(16)27-17(2)13-20(18(27)3)15-25-26-23(28)12-10-19-7-5-4-6-8-19/h4-9,11,13-15H,10,12H2,1-3H3,(H,26,28)/b25-15-. The minimum atomic E-state index is -0.0976. The van der Waals surface area contributed by atoms with Crippen molar-refractivity contribution in [3.63, 3.8) is 0 Å². The van der Waals surface area contributed by atoms with Gasteiger partial charge in [0, 0.05) is 34.1 Å². The number of carbonyl (C=O) groups is 1. The molecule has 0 radical (unpaired) electrons. The van der Waals surface area contributed by atoms with E-state index < -0.39 is 0 Å². The van der Waals surface area contributed by atoms with Crippen molar-refractivity contribution in [2.24, 2.45) is 5.10 Å². The van der Waals surface area contributed by atoms with Crippen LogP contribution in [0.5, 0.6) is 0 Å². The fraction of sp³-hybridized carbons (Fsp3) is 0.217. The van der Waals surface area contributed by atoms with Crippen molar-refractivity contribution in [3.05, 3.63) is 87.7 Å². The number of halogens is 1. The van der Waals surface area contributed by atoms with Crippen LogP contribution in [0.2, 0.25) is 5.02 Å². The fourth-order valence-electron chi connectivity index (χ4n) is 3.24. The molecule has 0 bridgehead atoms. The molecule has 1 aromatic heterocycles. The molecule has 0 atom stereocenters. The van der Waals surface area contributed by atoms with E-state index >= 15 is 0 Å². The molecule has 144 valence electrons. The number of amides is 1. The third-order valence-corrected chi connectivity index (χ3v) is 4.99. The number of rotatable bonds is 6. The number of aromatic nitrogens is 1. The number of hydrogen-bond acceptors (Lipinski definition) is 2. The van der Waals surface area contributed by atoms with Gasteiger partial charge in [-0.3, -0.25) is 4.79 Å². The molecule has 1 heterocycles. The van der Waals surface area contributed by atoms with E-state index in [9.17, 15) is 4.79 Å². The highest BCUT2D eigenvalue weighted by atomic mass is 35.5. The van der Waals surface area contributed by atoms with Gasteiger partial charge in [-0.05, 0) is 56.5 Å². The average molecular weight is 394 g/mol. The van der Waals surface area contributed by atoms with E-state index in [1.807, 2.05) is 62.4 Å². The molecule has 2 aromatic carbocycles. The lowest BCUT2D eigenvalue weighted by atomic mass is 10.1. The van der Waals surface area contributed by atoms with Gasteiger partial charge in [0.15, 0.2) is 0 Å². The Kier molecular flexibility index (Phi) is 6.32. The minimum Gasteiger partial charge on any atom is -0.318 e. The molecule has 5 heteroatoms. The Morgan fingerprint density at radius 3 is 2.61 bits per heavy atom. The monoisotopic (exact) mass is 393 g/mol. The van der Waals surface area contributed by atoms with Crippen LogP contribution in [-0.4, -0.2) is 16.7 Å². The zero-order chi connectivity index (χ0) is 20.1. The maximum atomic E-state index is 12.0. The van der Waals surface area contributed by atoms with Crippen LogP contribution in [-0.2, 0) is 11.2 Å². The molecule has 0 aliphatic rings. The molecule has 3 rings (SSSR count). The van der Waals surface area contributed by atoms with Gasteiger partial charge < -0.3 is 4.57 Å². The van der Waals surface area contributed by atoms with E-state index in [0.29, 0.717) is 17.9 Å². The molecule has 0 unspecified atom stereocenters. The van der Waals surface area contributed by atoms with Crippen LogP contribution in [0.25, 0.3) is 5.69 Å². The van der Waals surface area contributed by atoms with E-state index in [2.05, 4.69) is 28.1 Å². The lowest BCUT2D eigenvalue weighted by Gasteiger charge is -2.13. The Bertz CT molecular complexity index is 1010. The summed E-state index contributed by atoms with van der Waals surface area (Å²) in [4.78, 5) is 12.0. The van der Waals surface area contributed by atoms with Gasteiger partial charge in [-0.1, -0.05) is 48.0 Å².